The zero-order chi connectivity index (χ0) is 13.7. The lowest BCUT2D eigenvalue weighted by atomic mass is 10.1. The summed E-state index contributed by atoms with van der Waals surface area (Å²) in [5, 5.41) is 0. The summed E-state index contributed by atoms with van der Waals surface area (Å²) in [5.74, 6) is 0.273. The number of rotatable bonds is 4. The van der Waals surface area contributed by atoms with E-state index in [-0.39, 0.29) is 5.91 Å². The minimum Gasteiger partial charge on any atom is -0.331 e. The van der Waals surface area contributed by atoms with Gasteiger partial charge in [0.2, 0.25) is 5.91 Å². The molecule has 19 heavy (non-hydrogen) atoms. The van der Waals surface area contributed by atoms with Gasteiger partial charge in [-0.05, 0) is 18.9 Å². The fourth-order valence-electron chi connectivity index (χ4n) is 2.71. The molecule has 0 saturated carbocycles. The van der Waals surface area contributed by atoms with E-state index in [2.05, 4.69) is 13.8 Å². The minimum absolute atomic E-state index is 0.273. The summed E-state index contributed by atoms with van der Waals surface area (Å²) in [4.78, 5) is 15.9. The van der Waals surface area contributed by atoms with E-state index >= 15 is 0 Å². The number of hydrogen-bond acceptors (Lipinski definition) is 1. The molecule has 1 aliphatic rings. The van der Waals surface area contributed by atoms with Crippen molar-refractivity contribution in [1.29, 1.82) is 0 Å². The van der Waals surface area contributed by atoms with E-state index in [1.54, 1.807) is 4.90 Å². The van der Waals surface area contributed by atoms with E-state index in [1.165, 1.54) is 6.42 Å². The summed E-state index contributed by atoms with van der Waals surface area (Å²) in [6, 6.07) is 10.7. The van der Waals surface area contributed by atoms with Crippen LogP contribution in [0.4, 0.5) is 0 Å². The van der Waals surface area contributed by atoms with Gasteiger partial charge in [-0.25, -0.2) is 0 Å². The molecule has 2 rings (SSSR count). The Labute approximate surface area is 116 Å². The first-order valence-electron chi connectivity index (χ1n) is 7.37. The third-order valence-corrected chi connectivity index (χ3v) is 4.27. The molecule has 0 aliphatic carbocycles. The van der Waals surface area contributed by atoms with Crippen molar-refractivity contribution < 1.29 is 9.69 Å². The molecule has 0 aromatic heterocycles. The van der Waals surface area contributed by atoms with Crippen molar-refractivity contribution in [2.75, 3.05) is 26.2 Å². The van der Waals surface area contributed by atoms with E-state index in [4.69, 9.17) is 0 Å². The molecule has 0 radical (unpaired) electrons. The Balaban J connectivity index is 1.83. The van der Waals surface area contributed by atoms with Crippen LogP contribution >= 0.6 is 0 Å². The van der Waals surface area contributed by atoms with E-state index < -0.39 is 0 Å². The van der Waals surface area contributed by atoms with Gasteiger partial charge in [0, 0.05) is 0 Å². The zero-order valence-electron chi connectivity index (χ0n) is 12.1. The van der Waals surface area contributed by atoms with Gasteiger partial charge in [0.05, 0.1) is 38.6 Å². The van der Waals surface area contributed by atoms with Gasteiger partial charge in [0.15, 0.2) is 0 Å². The number of nitrogens with zero attached hydrogens (tertiary/aromatic N) is 1. The summed E-state index contributed by atoms with van der Waals surface area (Å²) in [5.41, 5.74) is 1.12. The molecule has 0 bridgehead atoms. The van der Waals surface area contributed by atoms with Crippen molar-refractivity contribution in [1.82, 2.24) is 4.90 Å². The van der Waals surface area contributed by atoms with Gasteiger partial charge < -0.3 is 9.80 Å². The van der Waals surface area contributed by atoms with Crippen LogP contribution in [0.15, 0.2) is 30.3 Å². The SMILES string of the molecule is CCC(C)[NH+]1CCN(C(=O)Cc2ccccc2)CC1. The first kappa shape index (κ1) is 14.1. The highest BCUT2D eigenvalue weighted by Crippen LogP contribution is 2.03. The maximum absolute atomic E-state index is 12.2. The minimum atomic E-state index is 0.273. The van der Waals surface area contributed by atoms with E-state index in [0.29, 0.717) is 12.5 Å². The fourth-order valence-corrected chi connectivity index (χ4v) is 2.71. The molecule has 1 aliphatic heterocycles. The molecular formula is C16H25N2O+. The number of hydrogen-bond donors (Lipinski definition) is 1. The number of benzene rings is 1. The second-order valence-electron chi connectivity index (χ2n) is 5.51. The van der Waals surface area contributed by atoms with Gasteiger partial charge in [-0.1, -0.05) is 37.3 Å². The molecule has 1 heterocycles. The van der Waals surface area contributed by atoms with Crippen molar-refractivity contribution in [3.05, 3.63) is 35.9 Å². The van der Waals surface area contributed by atoms with Crippen molar-refractivity contribution in [2.24, 2.45) is 0 Å². The molecule has 3 nitrogen and oxygen atoms in total. The highest BCUT2D eigenvalue weighted by atomic mass is 16.2. The smallest absolute Gasteiger partial charge is 0.227 e. The predicted octanol–water partition coefficient (Wildman–Crippen LogP) is 0.755. The van der Waals surface area contributed by atoms with Crippen molar-refractivity contribution in [3.8, 4) is 0 Å². The monoisotopic (exact) mass is 261 g/mol. The lowest BCUT2D eigenvalue weighted by Gasteiger charge is -2.35. The van der Waals surface area contributed by atoms with Crippen LogP contribution in [0, 0.1) is 0 Å². The molecular weight excluding hydrogens is 236 g/mol. The van der Waals surface area contributed by atoms with E-state index in [9.17, 15) is 4.79 Å². The standard InChI is InChI=1S/C16H24N2O/c1-3-14(2)17-9-11-18(12-10-17)16(19)13-15-7-5-4-6-8-15/h4-8,14H,3,9-13H2,1-2H3/p+1. The number of nitrogens with one attached hydrogen (secondary N) is 1. The Morgan fingerprint density at radius 3 is 2.47 bits per heavy atom. The Kier molecular flexibility index (Phi) is 4.97. The van der Waals surface area contributed by atoms with Crippen molar-refractivity contribution in [3.63, 3.8) is 0 Å². The highest BCUT2D eigenvalue weighted by molar-refractivity contribution is 5.78. The van der Waals surface area contributed by atoms with Crippen LogP contribution in [0.1, 0.15) is 25.8 Å². The number of quaternary nitrogens is 1. The van der Waals surface area contributed by atoms with E-state index in [0.717, 1.165) is 31.7 Å². The van der Waals surface area contributed by atoms with Gasteiger partial charge in [0.1, 0.15) is 0 Å². The van der Waals surface area contributed by atoms with Crippen LogP contribution in [0.3, 0.4) is 0 Å². The molecule has 1 atom stereocenters. The van der Waals surface area contributed by atoms with E-state index in [1.807, 2.05) is 35.2 Å². The van der Waals surface area contributed by atoms with Crippen LogP contribution in [0.25, 0.3) is 0 Å². The lowest BCUT2D eigenvalue weighted by Crippen LogP contribution is -3.17. The topological polar surface area (TPSA) is 24.8 Å². The third kappa shape index (κ3) is 3.80. The van der Waals surface area contributed by atoms with Crippen LogP contribution < -0.4 is 4.90 Å². The summed E-state index contributed by atoms with van der Waals surface area (Å²) in [7, 11) is 0. The Hall–Kier alpha value is -1.35. The quantitative estimate of drug-likeness (QED) is 0.850. The number of carbonyl (C=O) groups excluding carboxylic acids is 1. The van der Waals surface area contributed by atoms with Crippen molar-refractivity contribution in [2.45, 2.75) is 32.7 Å². The maximum atomic E-state index is 12.2. The summed E-state index contributed by atoms with van der Waals surface area (Å²) in [6.45, 7) is 8.54. The van der Waals surface area contributed by atoms with Crippen LogP contribution in [-0.2, 0) is 11.2 Å². The van der Waals surface area contributed by atoms with Gasteiger partial charge in [0.25, 0.3) is 0 Å². The Bertz CT molecular complexity index is 396. The Morgan fingerprint density at radius 2 is 1.89 bits per heavy atom. The number of carbonyl (C=O) groups is 1. The van der Waals surface area contributed by atoms with Gasteiger partial charge in [-0.3, -0.25) is 4.79 Å². The average Bonchev–Trinajstić information content (AvgIpc) is 2.47. The molecule has 1 unspecified atom stereocenters. The number of piperazine rings is 1. The predicted molar refractivity (Wildman–Crippen MR) is 77.2 cm³/mol. The van der Waals surface area contributed by atoms with Gasteiger partial charge >= 0.3 is 0 Å². The first-order chi connectivity index (χ1) is 9.20. The normalized spacial score (nSPS) is 18.3. The maximum Gasteiger partial charge on any atom is 0.227 e. The number of amides is 1. The summed E-state index contributed by atoms with van der Waals surface area (Å²) >= 11 is 0. The molecule has 1 saturated heterocycles. The molecule has 1 amide bonds. The summed E-state index contributed by atoms with van der Waals surface area (Å²) in [6.07, 6.45) is 1.76. The summed E-state index contributed by atoms with van der Waals surface area (Å²) < 4.78 is 0. The average molecular weight is 261 g/mol. The van der Waals surface area contributed by atoms with Gasteiger partial charge in [-0.2, -0.15) is 0 Å². The largest absolute Gasteiger partial charge is 0.331 e. The lowest BCUT2D eigenvalue weighted by molar-refractivity contribution is -0.927. The second-order valence-corrected chi connectivity index (χ2v) is 5.51. The molecule has 0 spiro atoms. The molecule has 3 heteroatoms. The first-order valence-corrected chi connectivity index (χ1v) is 7.37. The zero-order valence-corrected chi connectivity index (χ0v) is 12.1. The van der Waals surface area contributed by atoms with Crippen LogP contribution in [-0.4, -0.2) is 43.0 Å². The Morgan fingerprint density at radius 1 is 1.26 bits per heavy atom. The highest BCUT2D eigenvalue weighted by Gasteiger charge is 2.25. The molecule has 1 N–H and O–H groups in total. The van der Waals surface area contributed by atoms with Crippen molar-refractivity contribution >= 4 is 5.91 Å². The van der Waals surface area contributed by atoms with Crippen LogP contribution in [0.5, 0.6) is 0 Å². The second kappa shape index (κ2) is 6.71. The molecule has 1 aromatic carbocycles. The van der Waals surface area contributed by atoms with Gasteiger partial charge in [-0.15, -0.1) is 0 Å². The van der Waals surface area contributed by atoms with Crippen LogP contribution in [0.2, 0.25) is 0 Å². The molecule has 1 aromatic rings. The molecule has 1 fully saturated rings. The molecule has 104 valence electrons. The fraction of sp³-hybridized carbons (Fsp3) is 0.562. The third-order valence-electron chi connectivity index (χ3n) is 4.27.